The minimum Gasteiger partial charge on any atom is -0.317 e. The van der Waals surface area contributed by atoms with Crippen molar-refractivity contribution in [3.63, 3.8) is 0 Å². The van der Waals surface area contributed by atoms with Crippen LogP contribution in [0.25, 0.3) is 0 Å². The van der Waals surface area contributed by atoms with Crippen molar-refractivity contribution in [1.29, 1.82) is 0 Å². The summed E-state index contributed by atoms with van der Waals surface area (Å²) in [5.41, 5.74) is 0.432. The molecule has 0 aromatic rings. The molecule has 0 saturated heterocycles. The van der Waals surface area contributed by atoms with E-state index < -0.39 is 0 Å². The highest BCUT2D eigenvalue weighted by Gasteiger charge is 2.40. The second kappa shape index (κ2) is 4.22. The molecule has 84 valence electrons. The Labute approximate surface area is 89.7 Å². The van der Waals surface area contributed by atoms with Crippen LogP contribution < -0.4 is 5.32 Å². The van der Waals surface area contributed by atoms with Crippen molar-refractivity contribution >= 4 is 0 Å². The molecule has 0 spiro atoms. The zero-order valence-corrected chi connectivity index (χ0v) is 10.7. The van der Waals surface area contributed by atoms with Crippen LogP contribution in [-0.4, -0.2) is 13.1 Å². The molecule has 0 aromatic carbocycles. The van der Waals surface area contributed by atoms with E-state index in [1.54, 1.807) is 0 Å². The van der Waals surface area contributed by atoms with Gasteiger partial charge in [-0.25, -0.2) is 0 Å². The van der Waals surface area contributed by atoms with Crippen LogP contribution >= 0.6 is 0 Å². The molecule has 0 aromatic heterocycles. The number of rotatable bonds is 1. The fraction of sp³-hybridized carbons (Fsp3) is 1.00. The lowest BCUT2D eigenvalue weighted by Gasteiger charge is -2.47. The van der Waals surface area contributed by atoms with Gasteiger partial charge in [-0.1, -0.05) is 34.6 Å². The van der Waals surface area contributed by atoms with Crippen molar-refractivity contribution in [2.45, 2.75) is 53.5 Å². The maximum absolute atomic E-state index is 3.51. The van der Waals surface area contributed by atoms with Crippen LogP contribution in [0.3, 0.4) is 0 Å². The van der Waals surface area contributed by atoms with Crippen LogP contribution in [0.1, 0.15) is 47.5 Å². The predicted molar refractivity (Wildman–Crippen MR) is 63.4 cm³/mol. The lowest BCUT2D eigenvalue weighted by molar-refractivity contribution is 0.0479. The van der Waals surface area contributed by atoms with Crippen molar-refractivity contribution in [3.8, 4) is 0 Å². The third kappa shape index (κ3) is 2.31. The van der Waals surface area contributed by atoms with Crippen molar-refractivity contribution in [2.75, 3.05) is 7.05 Å². The van der Waals surface area contributed by atoms with E-state index in [9.17, 15) is 0 Å². The molecule has 0 bridgehead atoms. The Kier molecular flexibility index (Phi) is 3.63. The van der Waals surface area contributed by atoms with E-state index in [-0.39, 0.29) is 0 Å². The standard InChI is InChI=1S/C13H27N/c1-9-7-8-11(14-6)12(10(9)2)13(3,4)5/h9-12,14H,7-8H2,1-6H3/t9-,10-,11+,12-/m1/s1. The Bertz CT molecular complexity index is 178. The second-order valence-corrected chi connectivity index (χ2v) is 6.20. The first-order valence-corrected chi connectivity index (χ1v) is 6.05. The Morgan fingerprint density at radius 3 is 2.07 bits per heavy atom. The van der Waals surface area contributed by atoms with Crippen LogP contribution in [-0.2, 0) is 0 Å². The van der Waals surface area contributed by atoms with E-state index in [0.717, 1.165) is 23.8 Å². The fourth-order valence-corrected chi connectivity index (χ4v) is 3.32. The summed E-state index contributed by atoms with van der Waals surface area (Å²) >= 11 is 0. The molecule has 14 heavy (non-hydrogen) atoms. The van der Waals surface area contributed by atoms with Gasteiger partial charge in [-0.3, -0.25) is 0 Å². The molecule has 1 heteroatoms. The lowest BCUT2D eigenvalue weighted by Crippen LogP contribution is -2.48. The van der Waals surface area contributed by atoms with E-state index in [2.05, 4.69) is 47.0 Å². The summed E-state index contributed by atoms with van der Waals surface area (Å²) in [5, 5.41) is 3.51. The van der Waals surface area contributed by atoms with E-state index in [1.165, 1.54) is 12.8 Å². The van der Waals surface area contributed by atoms with Gasteiger partial charge in [0.2, 0.25) is 0 Å². The molecular formula is C13H27N. The van der Waals surface area contributed by atoms with E-state index in [1.807, 2.05) is 0 Å². The number of nitrogens with one attached hydrogen (secondary N) is 1. The van der Waals surface area contributed by atoms with Gasteiger partial charge in [0.25, 0.3) is 0 Å². The van der Waals surface area contributed by atoms with Gasteiger partial charge < -0.3 is 5.32 Å². The van der Waals surface area contributed by atoms with Gasteiger partial charge >= 0.3 is 0 Å². The molecule has 0 aliphatic heterocycles. The molecule has 4 atom stereocenters. The summed E-state index contributed by atoms with van der Waals surface area (Å²) in [6.07, 6.45) is 2.74. The average Bonchev–Trinajstić information content (AvgIpc) is 2.07. The maximum Gasteiger partial charge on any atom is 0.0100 e. The van der Waals surface area contributed by atoms with E-state index in [0.29, 0.717) is 5.41 Å². The van der Waals surface area contributed by atoms with Gasteiger partial charge in [-0.05, 0) is 43.1 Å². The van der Waals surface area contributed by atoms with Gasteiger partial charge in [-0.2, -0.15) is 0 Å². The summed E-state index contributed by atoms with van der Waals surface area (Å²) in [6.45, 7) is 12.0. The average molecular weight is 197 g/mol. The zero-order chi connectivity index (χ0) is 10.9. The van der Waals surface area contributed by atoms with Crippen molar-refractivity contribution in [2.24, 2.45) is 23.2 Å². The fourth-order valence-electron chi connectivity index (χ4n) is 3.32. The Hall–Kier alpha value is -0.0400. The summed E-state index contributed by atoms with van der Waals surface area (Å²) in [7, 11) is 2.12. The maximum atomic E-state index is 3.51. The molecule has 1 fully saturated rings. The molecule has 1 saturated carbocycles. The third-order valence-corrected chi connectivity index (χ3v) is 4.20. The summed E-state index contributed by atoms with van der Waals surface area (Å²) < 4.78 is 0. The first kappa shape index (κ1) is 12.0. The highest BCUT2D eigenvalue weighted by atomic mass is 14.9. The highest BCUT2D eigenvalue weighted by Crippen LogP contribution is 2.44. The van der Waals surface area contributed by atoms with Crippen LogP contribution in [0.15, 0.2) is 0 Å². The summed E-state index contributed by atoms with van der Waals surface area (Å²) in [4.78, 5) is 0. The van der Waals surface area contributed by atoms with E-state index in [4.69, 9.17) is 0 Å². The van der Waals surface area contributed by atoms with Gasteiger partial charge in [0.1, 0.15) is 0 Å². The monoisotopic (exact) mass is 197 g/mol. The molecule has 1 aliphatic rings. The molecule has 0 unspecified atom stereocenters. The number of hydrogen-bond donors (Lipinski definition) is 1. The van der Waals surface area contributed by atoms with Crippen molar-refractivity contribution in [1.82, 2.24) is 5.32 Å². The van der Waals surface area contributed by atoms with Gasteiger partial charge in [0.05, 0.1) is 0 Å². The smallest absolute Gasteiger partial charge is 0.0100 e. The normalized spacial score (nSPS) is 39.9. The molecule has 0 heterocycles. The molecule has 1 nitrogen and oxygen atoms in total. The molecule has 1 N–H and O–H groups in total. The van der Waals surface area contributed by atoms with Crippen LogP contribution in [0, 0.1) is 23.2 Å². The lowest BCUT2D eigenvalue weighted by atomic mass is 9.61. The third-order valence-electron chi connectivity index (χ3n) is 4.20. The topological polar surface area (TPSA) is 12.0 Å². The Morgan fingerprint density at radius 2 is 1.64 bits per heavy atom. The summed E-state index contributed by atoms with van der Waals surface area (Å²) in [6, 6.07) is 0.723. The van der Waals surface area contributed by atoms with E-state index >= 15 is 0 Å². The van der Waals surface area contributed by atoms with Crippen LogP contribution in [0.4, 0.5) is 0 Å². The number of hydrogen-bond acceptors (Lipinski definition) is 1. The predicted octanol–water partition coefficient (Wildman–Crippen LogP) is 3.30. The zero-order valence-electron chi connectivity index (χ0n) is 10.7. The van der Waals surface area contributed by atoms with Crippen molar-refractivity contribution in [3.05, 3.63) is 0 Å². The van der Waals surface area contributed by atoms with Gasteiger partial charge in [-0.15, -0.1) is 0 Å². The quantitative estimate of drug-likeness (QED) is 0.680. The van der Waals surface area contributed by atoms with Crippen LogP contribution in [0.2, 0.25) is 0 Å². The molecular weight excluding hydrogens is 170 g/mol. The van der Waals surface area contributed by atoms with Crippen LogP contribution in [0.5, 0.6) is 0 Å². The SMILES string of the molecule is CN[C@H]1CC[C@@H](C)[C@@H](C)[C@H]1C(C)(C)C. The minimum absolute atomic E-state index is 0.432. The first-order chi connectivity index (χ1) is 6.38. The van der Waals surface area contributed by atoms with Crippen molar-refractivity contribution < 1.29 is 0 Å². The molecule has 1 rings (SSSR count). The van der Waals surface area contributed by atoms with Gasteiger partial charge in [0, 0.05) is 6.04 Å². The van der Waals surface area contributed by atoms with Gasteiger partial charge in [0.15, 0.2) is 0 Å². The minimum atomic E-state index is 0.432. The Morgan fingerprint density at radius 1 is 1.07 bits per heavy atom. The molecule has 1 aliphatic carbocycles. The first-order valence-electron chi connectivity index (χ1n) is 6.05. The Balaban J connectivity index is 2.82. The molecule has 0 radical (unpaired) electrons. The summed E-state index contributed by atoms with van der Waals surface area (Å²) in [5.74, 6) is 2.56. The largest absolute Gasteiger partial charge is 0.317 e. The molecule has 0 amide bonds. The highest BCUT2D eigenvalue weighted by molar-refractivity contribution is 4.93. The second-order valence-electron chi connectivity index (χ2n) is 6.20.